The minimum atomic E-state index is -1.32. The first-order valence-corrected chi connectivity index (χ1v) is 10.8. The number of nitrogens with two attached hydrogens (primary N) is 1. The van der Waals surface area contributed by atoms with E-state index in [9.17, 15) is 19.2 Å². The average molecular weight is 475 g/mol. The zero-order valence-electron chi connectivity index (χ0n) is 19.1. The maximum atomic E-state index is 13.8. The number of aryl methyl sites for hydroxylation is 1. The monoisotopic (exact) mass is 475 g/mol. The molecule has 2 aromatic carbocycles. The first kappa shape index (κ1) is 22.2. The SMILES string of the molecule is Cc1ccccc1C1C(C(=O)n2[nH]c(=O)c3ccccc3c2=O)=C(N)OC2=C1C(=O)OC(C)(C)O2. The fraction of sp³-hybridized carbons (Fsp3) is 0.200. The summed E-state index contributed by atoms with van der Waals surface area (Å²) in [6.45, 7) is 4.86. The fourth-order valence-corrected chi connectivity index (χ4v) is 4.33. The van der Waals surface area contributed by atoms with E-state index in [4.69, 9.17) is 19.9 Å². The molecule has 0 aliphatic carbocycles. The number of hydrogen-bond donors (Lipinski definition) is 2. The molecule has 2 aliphatic rings. The summed E-state index contributed by atoms with van der Waals surface area (Å²) < 4.78 is 17.3. The van der Waals surface area contributed by atoms with Crippen LogP contribution in [-0.4, -0.2) is 27.4 Å². The van der Waals surface area contributed by atoms with Crippen molar-refractivity contribution in [2.24, 2.45) is 5.73 Å². The summed E-state index contributed by atoms with van der Waals surface area (Å²) in [5.74, 6) is -4.68. The highest BCUT2D eigenvalue weighted by Gasteiger charge is 2.48. The van der Waals surface area contributed by atoms with Crippen molar-refractivity contribution in [1.29, 1.82) is 0 Å². The van der Waals surface area contributed by atoms with Crippen LogP contribution in [0, 0.1) is 6.92 Å². The molecule has 3 aromatic rings. The van der Waals surface area contributed by atoms with E-state index < -0.39 is 34.7 Å². The smallest absolute Gasteiger partial charge is 0.345 e. The summed E-state index contributed by atoms with van der Waals surface area (Å²) in [5.41, 5.74) is 5.80. The number of nitrogens with one attached hydrogen (secondary N) is 1. The van der Waals surface area contributed by atoms with Crippen LogP contribution in [-0.2, 0) is 19.0 Å². The lowest BCUT2D eigenvalue weighted by Gasteiger charge is -2.38. The van der Waals surface area contributed by atoms with Gasteiger partial charge in [-0.1, -0.05) is 36.4 Å². The summed E-state index contributed by atoms with van der Waals surface area (Å²) >= 11 is 0. The van der Waals surface area contributed by atoms with Crippen LogP contribution in [0.15, 0.2) is 81.1 Å². The molecule has 1 unspecified atom stereocenters. The first-order valence-electron chi connectivity index (χ1n) is 10.8. The first-order chi connectivity index (χ1) is 16.6. The van der Waals surface area contributed by atoms with Crippen molar-refractivity contribution in [2.75, 3.05) is 0 Å². The second kappa shape index (κ2) is 7.73. The minimum absolute atomic E-state index is 0.0509. The second-order valence-electron chi connectivity index (χ2n) is 8.69. The van der Waals surface area contributed by atoms with Crippen molar-refractivity contribution < 1.29 is 23.8 Å². The Labute approximate surface area is 198 Å². The summed E-state index contributed by atoms with van der Waals surface area (Å²) in [7, 11) is 0. The average Bonchev–Trinajstić information content (AvgIpc) is 2.79. The third-order valence-corrected chi connectivity index (χ3v) is 5.91. The molecule has 0 radical (unpaired) electrons. The van der Waals surface area contributed by atoms with Crippen molar-refractivity contribution in [3.63, 3.8) is 0 Å². The Morgan fingerprint density at radius 3 is 2.37 bits per heavy atom. The number of carbonyl (C=O) groups excluding carboxylic acids is 2. The summed E-state index contributed by atoms with van der Waals surface area (Å²) in [5, 5.41) is 2.49. The molecule has 0 saturated carbocycles. The third kappa shape index (κ3) is 3.50. The Morgan fingerprint density at radius 2 is 1.66 bits per heavy atom. The van der Waals surface area contributed by atoms with Crippen LogP contribution in [0.1, 0.15) is 35.7 Å². The summed E-state index contributed by atoms with van der Waals surface area (Å²) in [6, 6.07) is 13.2. The number of H-pyrrole nitrogens is 1. The largest absolute Gasteiger partial charge is 0.422 e. The Hall–Kier alpha value is -4.60. The molecule has 5 rings (SSSR count). The van der Waals surface area contributed by atoms with Crippen LogP contribution in [0.25, 0.3) is 10.8 Å². The van der Waals surface area contributed by atoms with Crippen molar-refractivity contribution >= 4 is 22.6 Å². The number of aromatic amines is 1. The van der Waals surface area contributed by atoms with E-state index in [2.05, 4.69) is 5.10 Å². The standard InChI is InChI=1S/C25H21N3O7/c1-12-8-4-5-9-13(12)16-17(19(26)33-24-18(16)23(32)34-25(2,3)35-24)22(31)28-21(30)15-11-7-6-10-14(15)20(29)27-28/h4-11,16H,26H2,1-3H3,(H,27,29). The molecule has 10 heteroatoms. The van der Waals surface area contributed by atoms with Gasteiger partial charge in [0.1, 0.15) is 5.57 Å². The molecule has 0 spiro atoms. The third-order valence-electron chi connectivity index (χ3n) is 5.91. The number of nitrogens with zero attached hydrogens (tertiary/aromatic N) is 1. The molecule has 178 valence electrons. The van der Waals surface area contributed by atoms with E-state index in [1.54, 1.807) is 43.3 Å². The van der Waals surface area contributed by atoms with Gasteiger partial charge in [-0.3, -0.25) is 19.5 Å². The topological polar surface area (TPSA) is 143 Å². The number of rotatable bonds is 2. The molecule has 0 amide bonds. The molecule has 0 bridgehead atoms. The van der Waals surface area contributed by atoms with E-state index in [0.717, 1.165) is 5.56 Å². The number of carbonyl (C=O) groups is 2. The van der Waals surface area contributed by atoms with Gasteiger partial charge in [0, 0.05) is 13.8 Å². The lowest BCUT2D eigenvalue weighted by atomic mass is 9.81. The van der Waals surface area contributed by atoms with Gasteiger partial charge in [-0.15, -0.1) is 0 Å². The Morgan fingerprint density at radius 1 is 1.00 bits per heavy atom. The zero-order chi connectivity index (χ0) is 25.1. The van der Waals surface area contributed by atoms with E-state index >= 15 is 0 Å². The van der Waals surface area contributed by atoms with Gasteiger partial charge in [0.2, 0.25) is 5.88 Å². The number of aromatic nitrogens is 2. The Bertz CT molecular complexity index is 1610. The molecule has 35 heavy (non-hydrogen) atoms. The van der Waals surface area contributed by atoms with Gasteiger partial charge in [0.15, 0.2) is 0 Å². The summed E-state index contributed by atoms with van der Waals surface area (Å²) in [4.78, 5) is 52.7. The number of benzene rings is 2. The van der Waals surface area contributed by atoms with Gasteiger partial charge in [-0.05, 0) is 30.2 Å². The molecule has 0 fully saturated rings. The molecule has 1 aromatic heterocycles. The fourth-order valence-electron chi connectivity index (χ4n) is 4.33. The molecule has 10 nitrogen and oxygen atoms in total. The number of esters is 1. The number of fused-ring (bicyclic) bond motifs is 1. The maximum absolute atomic E-state index is 13.8. The number of allylic oxidation sites excluding steroid dienone is 1. The summed E-state index contributed by atoms with van der Waals surface area (Å²) in [6.07, 6.45) is 0. The zero-order valence-corrected chi connectivity index (χ0v) is 19.1. The van der Waals surface area contributed by atoms with Crippen LogP contribution in [0.5, 0.6) is 0 Å². The highest BCUT2D eigenvalue weighted by atomic mass is 16.8. The van der Waals surface area contributed by atoms with Crippen molar-refractivity contribution in [3.8, 4) is 0 Å². The lowest BCUT2D eigenvalue weighted by Crippen LogP contribution is -2.44. The van der Waals surface area contributed by atoms with Gasteiger partial charge in [0.05, 0.1) is 22.3 Å². The maximum Gasteiger partial charge on any atom is 0.345 e. The Kier molecular flexibility index (Phi) is 4.90. The van der Waals surface area contributed by atoms with E-state index in [1.807, 2.05) is 0 Å². The number of cyclic esters (lactones) is 1. The molecule has 0 saturated heterocycles. The van der Waals surface area contributed by atoms with Crippen LogP contribution in [0.4, 0.5) is 0 Å². The van der Waals surface area contributed by atoms with Gasteiger partial charge >= 0.3 is 11.9 Å². The molecule has 2 aliphatic heterocycles. The van der Waals surface area contributed by atoms with Crippen molar-refractivity contribution in [3.05, 3.63) is 103 Å². The Balaban J connectivity index is 1.75. The van der Waals surface area contributed by atoms with Gasteiger partial charge in [-0.25, -0.2) is 4.79 Å². The quantitative estimate of drug-likeness (QED) is 0.537. The van der Waals surface area contributed by atoms with Gasteiger partial charge in [-0.2, -0.15) is 4.68 Å². The van der Waals surface area contributed by atoms with Crippen LogP contribution in [0.2, 0.25) is 0 Å². The van der Waals surface area contributed by atoms with Gasteiger partial charge in [0.25, 0.3) is 22.8 Å². The van der Waals surface area contributed by atoms with Crippen LogP contribution >= 0.6 is 0 Å². The van der Waals surface area contributed by atoms with Crippen LogP contribution < -0.4 is 16.9 Å². The van der Waals surface area contributed by atoms with E-state index in [-0.39, 0.29) is 33.7 Å². The van der Waals surface area contributed by atoms with Gasteiger partial charge < -0.3 is 19.9 Å². The van der Waals surface area contributed by atoms with E-state index in [1.165, 1.54) is 26.0 Å². The van der Waals surface area contributed by atoms with Crippen molar-refractivity contribution in [1.82, 2.24) is 9.78 Å². The highest BCUT2D eigenvalue weighted by Crippen LogP contribution is 2.45. The normalized spacial score (nSPS) is 19.1. The van der Waals surface area contributed by atoms with E-state index in [0.29, 0.717) is 10.2 Å². The number of ether oxygens (including phenoxy) is 3. The predicted molar refractivity (Wildman–Crippen MR) is 124 cm³/mol. The second-order valence-corrected chi connectivity index (χ2v) is 8.69. The minimum Gasteiger partial charge on any atom is -0.422 e. The molecule has 3 N–H and O–H groups in total. The number of hydrogen-bond acceptors (Lipinski definition) is 8. The molecular formula is C25H21N3O7. The highest BCUT2D eigenvalue weighted by molar-refractivity contribution is 6.03. The molecular weight excluding hydrogens is 454 g/mol. The predicted octanol–water partition coefficient (Wildman–Crippen LogP) is 2.14. The lowest BCUT2D eigenvalue weighted by molar-refractivity contribution is -0.225. The van der Waals surface area contributed by atoms with Crippen LogP contribution in [0.3, 0.4) is 0 Å². The molecule has 3 heterocycles. The van der Waals surface area contributed by atoms with Crippen molar-refractivity contribution in [2.45, 2.75) is 32.5 Å². The molecule has 1 atom stereocenters.